The number of methoxy groups -OCH3 is 1. The summed E-state index contributed by atoms with van der Waals surface area (Å²) in [7, 11) is 3.52. The van der Waals surface area contributed by atoms with E-state index in [1.54, 1.807) is 19.2 Å². The summed E-state index contributed by atoms with van der Waals surface area (Å²) in [6, 6.07) is 11.8. The molecule has 1 aliphatic heterocycles. The van der Waals surface area contributed by atoms with Gasteiger partial charge >= 0.3 is 0 Å². The third-order valence-electron chi connectivity index (χ3n) is 8.60. The number of rotatable bonds is 14. The summed E-state index contributed by atoms with van der Waals surface area (Å²) in [6.07, 6.45) is 9.78. The third-order valence-corrected chi connectivity index (χ3v) is 8.60. The monoisotopic (exact) mass is 646 g/mol. The van der Waals surface area contributed by atoms with Crippen LogP contribution in [0.3, 0.4) is 0 Å². The number of hydrogen-bond acceptors (Lipinski definition) is 9. The maximum absolute atomic E-state index is 12.3. The average Bonchev–Trinajstić information content (AvgIpc) is 3.10. The van der Waals surface area contributed by atoms with Crippen molar-refractivity contribution in [1.82, 2.24) is 20.9 Å². The summed E-state index contributed by atoms with van der Waals surface area (Å²) in [6.45, 7) is 7.04. The van der Waals surface area contributed by atoms with Crippen molar-refractivity contribution < 1.29 is 19.1 Å². The number of carbonyl (C=O) groups excluding carboxylic acids is 2. The molecule has 1 aliphatic carbocycles. The summed E-state index contributed by atoms with van der Waals surface area (Å²) in [5.74, 6) is 6.94. The van der Waals surface area contributed by atoms with Gasteiger partial charge in [-0.25, -0.2) is 0 Å². The SMILES string of the molecule is CC.COc1cc(/C(N)=C/NC2CCC(NCCCOCC#Cc3cccc(C=O)c3CN(C)C3CCCNC3=O)CC2)ccc1N. The van der Waals surface area contributed by atoms with Crippen molar-refractivity contribution >= 4 is 23.6 Å². The maximum Gasteiger partial charge on any atom is 0.237 e. The van der Waals surface area contributed by atoms with Gasteiger partial charge in [0.25, 0.3) is 0 Å². The number of piperidine rings is 1. The molecule has 0 aromatic heterocycles. The molecule has 4 rings (SSSR count). The average molecular weight is 647 g/mol. The fraction of sp³-hybridized carbons (Fsp3) is 0.514. The molecule has 0 bridgehead atoms. The van der Waals surface area contributed by atoms with E-state index in [1.165, 1.54) is 0 Å². The Bertz CT molecular complexity index is 1380. The van der Waals surface area contributed by atoms with Crippen LogP contribution in [0.4, 0.5) is 5.69 Å². The molecule has 0 spiro atoms. The molecule has 2 fully saturated rings. The van der Waals surface area contributed by atoms with E-state index in [1.807, 2.05) is 56.3 Å². The van der Waals surface area contributed by atoms with Crippen molar-refractivity contribution in [2.75, 3.05) is 46.2 Å². The van der Waals surface area contributed by atoms with Gasteiger partial charge in [-0.1, -0.05) is 43.9 Å². The maximum atomic E-state index is 12.3. The van der Waals surface area contributed by atoms with E-state index < -0.39 is 0 Å². The number of likely N-dealkylation sites (N-methyl/N-ethyl adjacent to an activating group) is 1. The molecule has 1 unspecified atom stereocenters. The first-order chi connectivity index (χ1) is 22.9. The molecular formula is C37H54N6O4. The highest BCUT2D eigenvalue weighted by Gasteiger charge is 2.27. The number of nitrogens with two attached hydrogens (primary N) is 2. The number of nitrogen functional groups attached to an aromatic ring is 1. The van der Waals surface area contributed by atoms with Gasteiger partial charge in [0.15, 0.2) is 0 Å². The Hall–Kier alpha value is -4.04. The molecule has 2 aromatic carbocycles. The lowest BCUT2D eigenvalue weighted by atomic mass is 9.91. The summed E-state index contributed by atoms with van der Waals surface area (Å²) < 4.78 is 11.1. The Labute approximate surface area is 281 Å². The van der Waals surface area contributed by atoms with Gasteiger partial charge in [0.1, 0.15) is 18.6 Å². The van der Waals surface area contributed by atoms with Crippen LogP contribution in [0.15, 0.2) is 42.6 Å². The molecule has 47 heavy (non-hydrogen) atoms. The van der Waals surface area contributed by atoms with Gasteiger partial charge in [0, 0.05) is 54.7 Å². The fourth-order valence-electron chi connectivity index (χ4n) is 5.93. The van der Waals surface area contributed by atoms with E-state index in [4.69, 9.17) is 20.9 Å². The smallest absolute Gasteiger partial charge is 0.237 e. The Morgan fingerprint density at radius 1 is 1.13 bits per heavy atom. The third kappa shape index (κ3) is 11.6. The molecule has 1 heterocycles. The van der Waals surface area contributed by atoms with Crippen LogP contribution < -0.4 is 32.2 Å². The lowest BCUT2D eigenvalue weighted by Crippen LogP contribution is -2.48. The molecule has 10 nitrogen and oxygen atoms in total. The van der Waals surface area contributed by atoms with Gasteiger partial charge in [0.2, 0.25) is 5.91 Å². The topological polar surface area (TPSA) is 144 Å². The van der Waals surface area contributed by atoms with Crippen LogP contribution in [0, 0.1) is 11.8 Å². The number of nitrogens with one attached hydrogen (secondary N) is 3. The molecular weight excluding hydrogens is 592 g/mol. The second-order valence-corrected chi connectivity index (χ2v) is 11.8. The predicted octanol–water partition coefficient (Wildman–Crippen LogP) is 4.03. The molecule has 1 saturated heterocycles. The molecule has 2 aliphatic rings. The highest BCUT2D eigenvalue weighted by atomic mass is 16.5. The van der Waals surface area contributed by atoms with Gasteiger partial charge < -0.3 is 36.9 Å². The van der Waals surface area contributed by atoms with Crippen molar-refractivity contribution in [3.63, 3.8) is 0 Å². The number of nitrogens with zero attached hydrogens (tertiary/aromatic N) is 1. The number of carbonyl (C=O) groups is 2. The first kappa shape index (κ1) is 37.4. The number of amides is 1. The first-order valence-corrected chi connectivity index (χ1v) is 16.9. The lowest BCUT2D eigenvalue weighted by Gasteiger charge is -2.30. The van der Waals surface area contributed by atoms with Crippen LogP contribution in [-0.4, -0.2) is 75.7 Å². The minimum absolute atomic E-state index is 0.0406. The van der Waals surface area contributed by atoms with Crippen LogP contribution in [0.2, 0.25) is 0 Å². The summed E-state index contributed by atoms with van der Waals surface area (Å²) in [5.41, 5.74) is 16.5. The van der Waals surface area contributed by atoms with Gasteiger partial charge in [-0.05, 0) is 82.3 Å². The summed E-state index contributed by atoms with van der Waals surface area (Å²) in [4.78, 5) is 26.1. The number of benzene rings is 2. The molecule has 1 amide bonds. The van der Waals surface area contributed by atoms with E-state index in [0.29, 0.717) is 54.5 Å². The second kappa shape index (κ2) is 20.3. The van der Waals surface area contributed by atoms with Crippen LogP contribution in [0.5, 0.6) is 5.75 Å². The largest absolute Gasteiger partial charge is 0.495 e. The quantitative estimate of drug-likeness (QED) is 0.0890. The zero-order chi connectivity index (χ0) is 34.0. The van der Waals surface area contributed by atoms with Crippen LogP contribution in [0.1, 0.15) is 85.8 Å². The standard InChI is InChI=1S/C35H48N6O4.C2H6/c1-41(33-10-4-17-39-35(33)43)23-30-25(7-3-8-27(30)24-42)9-5-19-45-20-6-18-38-28-12-14-29(15-13-28)40-22-32(37)26-11-16-31(36)34(21-26)44-2;1-2/h3,7-8,11,16,21-22,24,28-29,33,38,40H,4,6,10,12-15,17-20,23,36-37H2,1-2H3,(H,39,43);1-2H3/b32-22-;. The highest BCUT2D eigenvalue weighted by molar-refractivity contribution is 5.82. The van der Waals surface area contributed by atoms with E-state index in [-0.39, 0.29) is 11.9 Å². The van der Waals surface area contributed by atoms with Crippen molar-refractivity contribution in [2.24, 2.45) is 5.73 Å². The van der Waals surface area contributed by atoms with Gasteiger partial charge in [-0.15, -0.1) is 0 Å². The molecule has 1 atom stereocenters. The number of anilines is 1. The molecule has 1 saturated carbocycles. The molecule has 2 aromatic rings. The molecule has 256 valence electrons. The zero-order valence-electron chi connectivity index (χ0n) is 28.6. The Morgan fingerprint density at radius 3 is 2.62 bits per heavy atom. The lowest BCUT2D eigenvalue weighted by molar-refractivity contribution is -0.127. The van der Waals surface area contributed by atoms with E-state index in [2.05, 4.69) is 27.8 Å². The molecule has 0 radical (unpaired) electrons. The normalized spacial score (nSPS) is 19.5. The van der Waals surface area contributed by atoms with E-state index in [9.17, 15) is 9.59 Å². The second-order valence-electron chi connectivity index (χ2n) is 11.8. The Balaban J connectivity index is 0.00000294. The number of hydrogen-bond donors (Lipinski definition) is 5. The molecule has 7 N–H and O–H groups in total. The van der Waals surface area contributed by atoms with E-state index >= 15 is 0 Å². The molecule has 10 heteroatoms. The van der Waals surface area contributed by atoms with Crippen LogP contribution in [-0.2, 0) is 16.1 Å². The van der Waals surface area contributed by atoms with Crippen molar-refractivity contribution in [3.05, 3.63) is 64.9 Å². The number of ether oxygens (including phenoxy) is 2. The van der Waals surface area contributed by atoms with Crippen LogP contribution >= 0.6 is 0 Å². The summed E-state index contributed by atoms with van der Waals surface area (Å²) in [5, 5.41) is 10.1. The summed E-state index contributed by atoms with van der Waals surface area (Å²) >= 11 is 0. The predicted molar refractivity (Wildman–Crippen MR) is 190 cm³/mol. The Morgan fingerprint density at radius 2 is 1.89 bits per heavy atom. The van der Waals surface area contributed by atoms with Gasteiger partial charge in [0.05, 0.1) is 24.5 Å². The fourth-order valence-corrected chi connectivity index (χ4v) is 5.93. The highest BCUT2D eigenvalue weighted by Crippen LogP contribution is 2.25. The number of aldehydes is 1. The van der Waals surface area contributed by atoms with E-state index in [0.717, 1.165) is 81.0 Å². The van der Waals surface area contributed by atoms with Gasteiger partial charge in [-0.3, -0.25) is 14.5 Å². The van der Waals surface area contributed by atoms with Crippen molar-refractivity contribution in [3.8, 4) is 17.6 Å². The van der Waals surface area contributed by atoms with Gasteiger partial charge in [-0.2, -0.15) is 0 Å². The minimum Gasteiger partial charge on any atom is -0.495 e. The minimum atomic E-state index is -0.198. The first-order valence-electron chi connectivity index (χ1n) is 16.9. The Kier molecular flexibility index (Phi) is 16.1. The van der Waals surface area contributed by atoms with Crippen molar-refractivity contribution in [1.29, 1.82) is 0 Å². The van der Waals surface area contributed by atoms with Crippen molar-refractivity contribution in [2.45, 2.75) is 83.5 Å². The zero-order valence-corrected chi connectivity index (χ0v) is 28.6. The van der Waals surface area contributed by atoms with Crippen LogP contribution in [0.25, 0.3) is 5.70 Å².